The summed E-state index contributed by atoms with van der Waals surface area (Å²) in [6, 6.07) is 3.96. The summed E-state index contributed by atoms with van der Waals surface area (Å²) >= 11 is 4.94. The van der Waals surface area contributed by atoms with Crippen molar-refractivity contribution in [1.82, 2.24) is 19.7 Å². The van der Waals surface area contributed by atoms with Gasteiger partial charge >= 0.3 is 0 Å². The number of halogens is 1. The first-order valence-electron chi connectivity index (χ1n) is 4.75. The zero-order valence-electron chi connectivity index (χ0n) is 9.23. The third-order valence-electron chi connectivity index (χ3n) is 2.24. The van der Waals surface area contributed by atoms with Crippen molar-refractivity contribution in [1.29, 1.82) is 0 Å². The third kappa shape index (κ3) is 2.27. The Morgan fingerprint density at radius 2 is 2.00 bits per heavy atom. The van der Waals surface area contributed by atoms with Crippen LogP contribution in [0.4, 0.5) is 0 Å². The lowest BCUT2D eigenvalue weighted by molar-refractivity contribution is 0.764. The Hall–Kier alpha value is -0.880. The lowest BCUT2D eigenvalue weighted by Crippen LogP contribution is -1.94. The van der Waals surface area contributed by atoms with Crippen LogP contribution in [0.1, 0.15) is 11.5 Å². The largest absolute Gasteiger partial charge is 0.309 e. The number of rotatable bonds is 2. The second-order valence-electron chi connectivity index (χ2n) is 3.41. The minimum Gasteiger partial charge on any atom is -0.309 e. The van der Waals surface area contributed by atoms with Gasteiger partial charge in [0.15, 0.2) is 5.16 Å². The molecule has 0 fully saturated rings. The molecule has 2 heterocycles. The highest BCUT2D eigenvalue weighted by atomic mass is 79.9. The summed E-state index contributed by atoms with van der Waals surface area (Å²) in [6.07, 6.45) is 0. The molecular formula is C10H11BrN4S. The van der Waals surface area contributed by atoms with Crippen LogP contribution in [0.3, 0.4) is 0 Å². The van der Waals surface area contributed by atoms with Crippen molar-refractivity contribution < 1.29 is 0 Å². The summed E-state index contributed by atoms with van der Waals surface area (Å²) < 4.78 is 2.97. The van der Waals surface area contributed by atoms with Crippen molar-refractivity contribution in [2.45, 2.75) is 24.0 Å². The van der Waals surface area contributed by atoms with Crippen LogP contribution >= 0.6 is 27.7 Å². The van der Waals surface area contributed by atoms with Gasteiger partial charge in [0.2, 0.25) is 0 Å². The Balaban J connectivity index is 2.27. The molecule has 0 unspecified atom stereocenters. The highest BCUT2D eigenvalue weighted by Crippen LogP contribution is 2.26. The maximum absolute atomic E-state index is 4.45. The Bertz CT molecular complexity index is 524. The van der Waals surface area contributed by atoms with Gasteiger partial charge in [0.1, 0.15) is 10.9 Å². The summed E-state index contributed by atoms with van der Waals surface area (Å²) in [7, 11) is 1.95. The Morgan fingerprint density at radius 3 is 2.56 bits per heavy atom. The molecule has 2 aromatic heterocycles. The monoisotopic (exact) mass is 298 g/mol. The van der Waals surface area contributed by atoms with E-state index >= 15 is 0 Å². The van der Waals surface area contributed by atoms with Crippen LogP contribution in [-0.4, -0.2) is 19.7 Å². The van der Waals surface area contributed by atoms with E-state index in [1.54, 1.807) is 0 Å². The van der Waals surface area contributed by atoms with Crippen molar-refractivity contribution in [3.8, 4) is 0 Å². The van der Waals surface area contributed by atoms with Gasteiger partial charge in [-0.3, -0.25) is 0 Å². The quantitative estimate of drug-likeness (QED) is 0.855. The van der Waals surface area contributed by atoms with Crippen molar-refractivity contribution >= 4 is 27.7 Å². The molecule has 2 aromatic rings. The van der Waals surface area contributed by atoms with E-state index < -0.39 is 0 Å². The van der Waals surface area contributed by atoms with E-state index in [4.69, 9.17) is 0 Å². The van der Waals surface area contributed by atoms with E-state index in [-0.39, 0.29) is 0 Å². The molecule has 84 valence electrons. The van der Waals surface area contributed by atoms with Crippen molar-refractivity contribution in [2.24, 2.45) is 7.05 Å². The minimum absolute atomic E-state index is 0.853. The number of nitrogens with zero attached hydrogens (tertiary/aromatic N) is 4. The summed E-state index contributed by atoms with van der Waals surface area (Å²) in [5.41, 5.74) is 0.976. The highest BCUT2D eigenvalue weighted by molar-refractivity contribution is 9.10. The zero-order chi connectivity index (χ0) is 11.7. The highest BCUT2D eigenvalue weighted by Gasteiger charge is 2.08. The summed E-state index contributed by atoms with van der Waals surface area (Å²) in [5.74, 6) is 0.899. The molecule has 0 aromatic carbocycles. The Kier molecular flexibility index (Phi) is 3.30. The predicted octanol–water partition coefficient (Wildman–Crippen LogP) is 2.74. The van der Waals surface area contributed by atoms with Gasteiger partial charge in [0.05, 0.1) is 5.69 Å². The number of aryl methyl sites for hydroxylation is 2. The standard InChI is InChI=1S/C10H11BrN4S/c1-6-8(11)4-5-9(12-6)16-10-14-13-7(2)15(10)3/h4-5H,1-3H3. The fourth-order valence-corrected chi connectivity index (χ4v) is 2.23. The van der Waals surface area contributed by atoms with Gasteiger partial charge in [0, 0.05) is 11.5 Å². The summed E-state index contributed by atoms with van der Waals surface area (Å²) in [5, 5.41) is 9.87. The molecule has 2 rings (SSSR count). The predicted molar refractivity (Wildman–Crippen MR) is 66.5 cm³/mol. The fourth-order valence-electron chi connectivity index (χ4n) is 1.15. The van der Waals surface area contributed by atoms with Gasteiger partial charge in [-0.05, 0) is 53.7 Å². The van der Waals surface area contributed by atoms with Crippen LogP contribution in [0.15, 0.2) is 26.8 Å². The molecule has 0 radical (unpaired) electrons. The Labute approximate surface area is 107 Å². The molecule has 6 heteroatoms. The molecule has 16 heavy (non-hydrogen) atoms. The van der Waals surface area contributed by atoms with Crippen LogP contribution in [0.5, 0.6) is 0 Å². The second-order valence-corrected chi connectivity index (χ2v) is 5.25. The van der Waals surface area contributed by atoms with Gasteiger partial charge in [-0.1, -0.05) is 0 Å². The smallest absolute Gasteiger partial charge is 0.197 e. The minimum atomic E-state index is 0.853. The first kappa shape index (κ1) is 11.6. The maximum Gasteiger partial charge on any atom is 0.197 e. The van der Waals surface area contributed by atoms with E-state index in [1.165, 1.54) is 11.8 Å². The zero-order valence-corrected chi connectivity index (χ0v) is 11.6. The number of hydrogen-bond acceptors (Lipinski definition) is 4. The summed E-state index contributed by atoms with van der Waals surface area (Å²) in [6.45, 7) is 3.90. The van der Waals surface area contributed by atoms with Crippen LogP contribution < -0.4 is 0 Å². The molecule has 0 saturated heterocycles. The van der Waals surface area contributed by atoms with Crippen molar-refractivity contribution in [3.05, 3.63) is 28.1 Å². The lowest BCUT2D eigenvalue weighted by Gasteiger charge is -2.02. The number of pyridine rings is 1. The second kappa shape index (κ2) is 4.55. The molecule has 0 amide bonds. The molecule has 0 N–H and O–H groups in total. The molecule has 0 aliphatic rings. The van der Waals surface area contributed by atoms with Crippen LogP contribution in [-0.2, 0) is 7.05 Å². The summed E-state index contributed by atoms with van der Waals surface area (Å²) in [4.78, 5) is 4.45. The van der Waals surface area contributed by atoms with Crippen molar-refractivity contribution in [2.75, 3.05) is 0 Å². The van der Waals surface area contributed by atoms with Gasteiger partial charge in [-0.15, -0.1) is 10.2 Å². The normalized spacial score (nSPS) is 10.8. The molecule has 0 atom stereocenters. The number of hydrogen-bond donors (Lipinski definition) is 0. The van der Waals surface area contributed by atoms with Crippen LogP contribution in [0, 0.1) is 13.8 Å². The van der Waals surface area contributed by atoms with Gasteiger partial charge in [-0.25, -0.2) is 4.98 Å². The van der Waals surface area contributed by atoms with Gasteiger partial charge in [0.25, 0.3) is 0 Å². The van der Waals surface area contributed by atoms with E-state index in [0.717, 1.165) is 26.2 Å². The Morgan fingerprint density at radius 1 is 1.25 bits per heavy atom. The maximum atomic E-state index is 4.45. The van der Waals surface area contributed by atoms with Crippen molar-refractivity contribution in [3.63, 3.8) is 0 Å². The molecule has 0 aliphatic carbocycles. The van der Waals surface area contributed by atoms with Crippen LogP contribution in [0.2, 0.25) is 0 Å². The van der Waals surface area contributed by atoms with Gasteiger partial charge in [-0.2, -0.15) is 0 Å². The first-order chi connectivity index (χ1) is 7.58. The van der Waals surface area contributed by atoms with Gasteiger partial charge < -0.3 is 4.57 Å². The third-order valence-corrected chi connectivity index (χ3v) is 4.06. The van der Waals surface area contributed by atoms with Crippen LogP contribution in [0.25, 0.3) is 0 Å². The molecule has 0 saturated carbocycles. The SMILES string of the molecule is Cc1nc(Sc2nnc(C)n2C)ccc1Br. The molecule has 0 aliphatic heterocycles. The fraction of sp³-hybridized carbons (Fsp3) is 0.300. The average Bonchev–Trinajstić information content (AvgIpc) is 2.55. The van der Waals surface area contributed by atoms with E-state index in [1.807, 2.05) is 37.6 Å². The molecule has 0 spiro atoms. The molecule has 4 nitrogen and oxygen atoms in total. The van der Waals surface area contributed by atoms with E-state index in [0.29, 0.717) is 0 Å². The molecule has 0 bridgehead atoms. The number of aromatic nitrogens is 4. The molecular weight excluding hydrogens is 288 g/mol. The topological polar surface area (TPSA) is 43.6 Å². The average molecular weight is 299 g/mol. The van der Waals surface area contributed by atoms with E-state index in [9.17, 15) is 0 Å². The first-order valence-corrected chi connectivity index (χ1v) is 6.36. The van der Waals surface area contributed by atoms with E-state index in [2.05, 4.69) is 31.1 Å². The lowest BCUT2D eigenvalue weighted by atomic mass is 10.4.